The van der Waals surface area contributed by atoms with Crippen LogP contribution < -0.4 is 4.74 Å². The van der Waals surface area contributed by atoms with E-state index in [0.717, 1.165) is 11.2 Å². The molecule has 1 N–H and O–H groups in total. The predicted molar refractivity (Wildman–Crippen MR) is 84.3 cm³/mol. The second kappa shape index (κ2) is 5.29. The molecule has 0 spiro atoms. The van der Waals surface area contributed by atoms with Crippen LogP contribution in [0.1, 0.15) is 24.1 Å². The van der Waals surface area contributed by atoms with Crippen molar-refractivity contribution in [2.45, 2.75) is 19.9 Å². The number of fused-ring (bicyclic) bond motifs is 1. The van der Waals surface area contributed by atoms with Crippen molar-refractivity contribution in [1.29, 1.82) is 0 Å². The topological polar surface area (TPSA) is 55.7 Å². The molecule has 0 aliphatic heterocycles. The number of nitrogens with zero attached hydrogens (tertiary/aromatic N) is 3. The molecule has 0 bridgehead atoms. The zero-order valence-corrected chi connectivity index (χ0v) is 12.9. The third kappa shape index (κ3) is 2.31. The minimum Gasteiger partial charge on any atom is -0.479 e. The van der Waals surface area contributed by atoms with Crippen molar-refractivity contribution in [3.8, 4) is 5.88 Å². The summed E-state index contributed by atoms with van der Waals surface area (Å²) in [5.41, 5.74) is 3.89. The van der Waals surface area contributed by atoms with E-state index in [1.54, 1.807) is 7.11 Å². The van der Waals surface area contributed by atoms with Crippen molar-refractivity contribution in [2.24, 2.45) is 0 Å². The van der Waals surface area contributed by atoms with Gasteiger partial charge in [0.1, 0.15) is 11.8 Å². The van der Waals surface area contributed by atoms with Crippen LogP contribution in [-0.4, -0.2) is 26.6 Å². The molecule has 0 saturated heterocycles. The van der Waals surface area contributed by atoms with Gasteiger partial charge < -0.3 is 9.72 Å². The fourth-order valence-corrected chi connectivity index (χ4v) is 2.77. The quantitative estimate of drug-likeness (QED) is 0.753. The molecule has 2 heterocycles. The molecule has 1 aromatic carbocycles. The second-order valence-corrected chi connectivity index (χ2v) is 5.36. The first-order chi connectivity index (χ1) is 10.1. The van der Waals surface area contributed by atoms with Gasteiger partial charge in [-0.3, -0.25) is 4.57 Å². The maximum Gasteiger partial charge on any atom is 0.242 e. The fraction of sp³-hybridized carbons (Fsp3) is 0.267. The number of benzene rings is 1. The van der Waals surface area contributed by atoms with Gasteiger partial charge in [0.2, 0.25) is 5.88 Å². The SMILES string of the molecule is COc1ncnc2c1[nH]c(=S)n2C(C)c1ccc(C)cc1. The Hall–Kier alpha value is -2.21. The smallest absolute Gasteiger partial charge is 0.242 e. The zero-order valence-electron chi connectivity index (χ0n) is 12.1. The summed E-state index contributed by atoms with van der Waals surface area (Å²) >= 11 is 5.45. The normalized spacial score (nSPS) is 12.5. The van der Waals surface area contributed by atoms with E-state index < -0.39 is 0 Å². The van der Waals surface area contributed by atoms with Crippen LogP contribution in [0.3, 0.4) is 0 Å². The molecule has 2 aromatic heterocycles. The Balaban J connectivity index is 2.18. The molecule has 5 nitrogen and oxygen atoms in total. The standard InChI is InChI=1S/C15H16N4OS/c1-9-4-6-11(7-5-9)10(2)19-13-12(18-15(19)21)14(20-3)17-8-16-13/h4-8,10H,1-3H3,(H,18,21). The monoisotopic (exact) mass is 300 g/mol. The lowest BCUT2D eigenvalue weighted by Crippen LogP contribution is -2.07. The predicted octanol–water partition coefficient (Wildman–Crippen LogP) is 3.42. The number of ether oxygens (including phenoxy) is 1. The molecule has 0 amide bonds. The summed E-state index contributed by atoms with van der Waals surface area (Å²) in [6.45, 7) is 4.17. The van der Waals surface area contributed by atoms with Gasteiger partial charge in [-0.25, -0.2) is 4.98 Å². The van der Waals surface area contributed by atoms with Gasteiger partial charge in [0.25, 0.3) is 0 Å². The summed E-state index contributed by atoms with van der Waals surface area (Å²) in [5.74, 6) is 0.501. The van der Waals surface area contributed by atoms with Gasteiger partial charge in [-0.05, 0) is 31.6 Å². The molecule has 108 valence electrons. The Labute approximate surface area is 127 Å². The summed E-state index contributed by atoms with van der Waals surface area (Å²) in [7, 11) is 1.58. The molecule has 0 aliphatic carbocycles. The van der Waals surface area contributed by atoms with Gasteiger partial charge >= 0.3 is 0 Å². The molecular weight excluding hydrogens is 284 g/mol. The average molecular weight is 300 g/mol. The van der Waals surface area contributed by atoms with E-state index in [2.05, 4.69) is 53.1 Å². The van der Waals surface area contributed by atoms with E-state index in [0.29, 0.717) is 10.7 Å². The van der Waals surface area contributed by atoms with Gasteiger partial charge in [-0.15, -0.1) is 0 Å². The van der Waals surface area contributed by atoms with Crippen molar-refractivity contribution >= 4 is 23.4 Å². The summed E-state index contributed by atoms with van der Waals surface area (Å²) in [5, 5.41) is 0. The lowest BCUT2D eigenvalue weighted by Gasteiger charge is -2.14. The van der Waals surface area contributed by atoms with Crippen LogP contribution in [-0.2, 0) is 0 Å². The molecule has 0 aliphatic rings. The minimum absolute atomic E-state index is 0.0754. The highest BCUT2D eigenvalue weighted by Gasteiger charge is 2.16. The first-order valence-electron chi connectivity index (χ1n) is 6.67. The molecule has 1 unspecified atom stereocenters. The number of hydrogen-bond acceptors (Lipinski definition) is 4. The highest BCUT2D eigenvalue weighted by Crippen LogP contribution is 2.26. The third-order valence-electron chi connectivity index (χ3n) is 3.61. The average Bonchev–Trinajstić information content (AvgIpc) is 2.83. The molecule has 6 heteroatoms. The van der Waals surface area contributed by atoms with Gasteiger partial charge in [0, 0.05) is 0 Å². The zero-order chi connectivity index (χ0) is 15.0. The van der Waals surface area contributed by atoms with Crippen molar-refractivity contribution in [3.63, 3.8) is 0 Å². The lowest BCUT2D eigenvalue weighted by atomic mass is 10.1. The molecule has 0 saturated carbocycles. The number of hydrogen-bond donors (Lipinski definition) is 1. The van der Waals surface area contributed by atoms with Crippen LogP contribution in [0.25, 0.3) is 11.2 Å². The van der Waals surface area contributed by atoms with Crippen molar-refractivity contribution in [1.82, 2.24) is 19.5 Å². The summed E-state index contributed by atoms with van der Waals surface area (Å²) in [6.07, 6.45) is 1.49. The molecule has 0 fully saturated rings. The summed E-state index contributed by atoms with van der Waals surface area (Å²) < 4.78 is 7.85. The molecule has 21 heavy (non-hydrogen) atoms. The van der Waals surface area contributed by atoms with E-state index in [1.807, 2.05) is 4.57 Å². The number of aryl methyl sites for hydroxylation is 1. The highest BCUT2D eigenvalue weighted by molar-refractivity contribution is 7.71. The van der Waals surface area contributed by atoms with Crippen LogP contribution in [0.2, 0.25) is 0 Å². The number of H-pyrrole nitrogens is 1. The van der Waals surface area contributed by atoms with E-state index in [4.69, 9.17) is 17.0 Å². The number of nitrogens with one attached hydrogen (secondary N) is 1. The Kier molecular flexibility index (Phi) is 3.47. The number of aromatic amines is 1. The highest BCUT2D eigenvalue weighted by atomic mass is 32.1. The minimum atomic E-state index is 0.0754. The second-order valence-electron chi connectivity index (χ2n) is 4.97. The van der Waals surface area contributed by atoms with Crippen molar-refractivity contribution < 1.29 is 4.74 Å². The van der Waals surface area contributed by atoms with E-state index in [1.165, 1.54) is 17.5 Å². The summed E-state index contributed by atoms with van der Waals surface area (Å²) in [4.78, 5) is 11.6. The van der Waals surface area contributed by atoms with Gasteiger partial charge in [-0.2, -0.15) is 4.98 Å². The first kappa shape index (κ1) is 13.8. The number of rotatable bonds is 3. The fourth-order valence-electron chi connectivity index (χ4n) is 2.42. The van der Waals surface area contributed by atoms with Crippen LogP contribution >= 0.6 is 12.2 Å². The van der Waals surface area contributed by atoms with E-state index >= 15 is 0 Å². The number of imidazole rings is 1. The molecule has 3 rings (SSSR count). The van der Waals surface area contributed by atoms with Crippen LogP contribution in [0.4, 0.5) is 0 Å². The number of methoxy groups -OCH3 is 1. The largest absolute Gasteiger partial charge is 0.479 e. The third-order valence-corrected chi connectivity index (χ3v) is 3.91. The Morgan fingerprint density at radius 3 is 2.62 bits per heavy atom. The van der Waals surface area contributed by atoms with Gasteiger partial charge in [0.15, 0.2) is 10.4 Å². The molecular formula is C15H16N4OS. The Morgan fingerprint density at radius 1 is 1.24 bits per heavy atom. The van der Waals surface area contributed by atoms with Crippen LogP contribution in [0.15, 0.2) is 30.6 Å². The van der Waals surface area contributed by atoms with Gasteiger partial charge in [-0.1, -0.05) is 29.8 Å². The van der Waals surface area contributed by atoms with Crippen LogP contribution in [0, 0.1) is 11.7 Å². The molecule has 1 atom stereocenters. The maximum absolute atomic E-state index is 5.45. The summed E-state index contributed by atoms with van der Waals surface area (Å²) in [6, 6.07) is 8.49. The molecule has 0 radical (unpaired) electrons. The maximum atomic E-state index is 5.45. The van der Waals surface area contributed by atoms with Crippen molar-refractivity contribution in [2.75, 3.05) is 7.11 Å². The molecule has 3 aromatic rings. The van der Waals surface area contributed by atoms with Gasteiger partial charge in [0.05, 0.1) is 13.2 Å². The Morgan fingerprint density at radius 2 is 1.95 bits per heavy atom. The van der Waals surface area contributed by atoms with Crippen molar-refractivity contribution in [3.05, 3.63) is 46.5 Å². The first-order valence-corrected chi connectivity index (χ1v) is 7.08. The van der Waals surface area contributed by atoms with E-state index in [-0.39, 0.29) is 6.04 Å². The van der Waals surface area contributed by atoms with Crippen LogP contribution in [0.5, 0.6) is 5.88 Å². The Bertz CT molecular complexity index is 835. The van der Waals surface area contributed by atoms with E-state index in [9.17, 15) is 0 Å². The number of aromatic nitrogens is 4. The lowest BCUT2D eigenvalue weighted by molar-refractivity contribution is 0.401.